The molecule has 3 aliphatic carbocycles. The van der Waals surface area contributed by atoms with Gasteiger partial charge in [-0.2, -0.15) is 5.26 Å². The molecule has 8 rings (SSSR count). The van der Waals surface area contributed by atoms with Crippen LogP contribution in [0.2, 0.25) is 0 Å². The summed E-state index contributed by atoms with van der Waals surface area (Å²) in [7, 11) is -0.482. The Morgan fingerprint density at radius 1 is 1.13 bits per heavy atom. The van der Waals surface area contributed by atoms with Crippen molar-refractivity contribution in [3.8, 4) is 6.07 Å². The molecule has 5 atom stereocenters. The van der Waals surface area contributed by atoms with Crippen molar-refractivity contribution in [1.29, 1.82) is 5.26 Å². The number of nitriles is 1. The number of fused-ring (bicyclic) bond motifs is 1. The van der Waals surface area contributed by atoms with Crippen molar-refractivity contribution < 1.29 is 14.1 Å². The predicted molar refractivity (Wildman–Crippen MR) is 175 cm³/mol. The first-order valence-corrected chi connectivity index (χ1v) is 16.3. The molecule has 8 heteroatoms. The Kier molecular flexibility index (Phi) is 7.89. The lowest BCUT2D eigenvalue weighted by atomic mass is 9.43. The molecule has 3 aromatic rings. The summed E-state index contributed by atoms with van der Waals surface area (Å²) < 4.78 is 13.4. The third-order valence-electron chi connectivity index (χ3n) is 11.0. The molecule has 1 saturated heterocycles. The summed E-state index contributed by atoms with van der Waals surface area (Å²) in [5.74, 6) is 0.833. The number of carbonyl (C=O) groups excluding carboxylic acids is 1. The fraction of sp³-hybridized carbons (Fsp3) is 0.432. The Bertz CT molecular complexity index is 1640. The molecule has 45 heavy (non-hydrogen) atoms. The van der Waals surface area contributed by atoms with Gasteiger partial charge >= 0.3 is 7.12 Å². The average molecular weight is 601 g/mol. The van der Waals surface area contributed by atoms with Crippen LogP contribution < -0.4 is 5.32 Å². The van der Waals surface area contributed by atoms with Gasteiger partial charge in [0, 0.05) is 19.3 Å². The van der Waals surface area contributed by atoms with E-state index in [4.69, 9.17) is 9.31 Å². The van der Waals surface area contributed by atoms with Crippen LogP contribution in [0.15, 0.2) is 72.9 Å². The van der Waals surface area contributed by atoms with Gasteiger partial charge in [0.15, 0.2) is 0 Å². The van der Waals surface area contributed by atoms with Gasteiger partial charge in [0.1, 0.15) is 6.07 Å². The summed E-state index contributed by atoms with van der Waals surface area (Å²) in [6.45, 7) is 8.75. The number of carbonyl (C=O) groups is 1. The molecule has 0 spiro atoms. The van der Waals surface area contributed by atoms with Crippen LogP contribution in [0.4, 0.5) is 0 Å². The van der Waals surface area contributed by atoms with Crippen molar-refractivity contribution in [3.63, 3.8) is 0 Å². The van der Waals surface area contributed by atoms with Gasteiger partial charge in [-0.15, -0.1) is 0 Å². The highest BCUT2D eigenvalue weighted by molar-refractivity contribution is 6.48. The highest BCUT2D eigenvalue weighted by atomic mass is 16.7. The van der Waals surface area contributed by atoms with E-state index in [0.29, 0.717) is 42.6 Å². The van der Waals surface area contributed by atoms with Crippen molar-refractivity contribution in [3.05, 3.63) is 101 Å². The standard InChI is InChI=1S/C37H41BN4O3/c1-36(2)30-20-32(36)37(3)33(21-30)44-38(45-37)34(19-25-9-5-4-6-10-25)41-35(43)24-42-16-14-27-13-12-26(18-29(27)23-42)17-28(22-39)31-11-7-8-15-40-31/h4-13,15,17-18,30,32-34H,14,16,19-21,23-24H2,1-3H3,(H,41,43)/t30-,32-,33+,34?,37-/m0/s1. The number of hydrogen-bond acceptors (Lipinski definition) is 6. The van der Waals surface area contributed by atoms with E-state index in [1.807, 2.05) is 42.5 Å². The Balaban J connectivity index is 1.04. The fourth-order valence-corrected chi connectivity index (χ4v) is 8.32. The van der Waals surface area contributed by atoms with E-state index in [-0.39, 0.29) is 29.0 Å². The monoisotopic (exact) mass is 600 g/mol. The van der Waals surface area contributed by atoms with Gasteiger partial charge in [-0.3, -0.25) is 14.7 Å². The second-order valence-electron chi connectivity index (χ2n) is 14.1. The normalized spacial score (nSPS) is 27.5. The lowest BCUT2D eigenvalue weighted by Crippen LogP contribution is -2.65. The minimum absolute atomic E-state index is 0.0193. The van der Waals surface area contributed by atoms with E-state index in [2.05, 4.69) is 72.4 Å². The molecule has 230 valence electrons. The van der Waals surface area contributed by atoms with Crippen LogP contribution in [0.5, 0.6) is 0 Å². The molecule has 1 aromatic heterocycles. The first-order valence-electron chi connectivity index (χ1n) is 16.3. The molecular weight excluding hydrogens is 559 g/mol. The maximum Gasteiger partial charge on any atom is 0.482 e. The maximum atomic E-state index is 13.6. The molecule has 1 N–H and O–H groups in total. The summed E-state index contributed by atoms with van der Waals surface area (Å²) in [6, 6.07) is 24.5. The third kappa shape index (κ3) is 5.74. The number of nitrogens with one attached hydrogen (secondary N) is 1. The van der Waals surface area contributed by atoms with Gasteiger partial charge in [0.2, 0.25) is 5.91 Å². The smallest absolute Gasteiger partial charge is 0.404 e. The van der Waals surface area contributed by atoms with Gasteiger partial charge in [-0.1, -0.05) is 68.4 Å². The second kappa shape index (κ2) is 11.9. The molecule has 0 radical (unpaired) electrons. The molecule has 2 bridgehead atoms. The number of hydrogen-bond donors (Lipinski definition) is 1. The Labute approximate surface area is 266 Å². The molecule has 2 aliphatic heterocycles. The first-order chi connectivity index (χ1) is 21.7. The maximum absolute atomic E-state index is 13.6. The van der Waals surface area contributed by atoms with Crippen molar-refractivity contribution in [2.24, 2.45) is 17.3 Å². The predicted octanol–water partition coefficient (Wildman–Crippen LogP) is 5.50. The molecule has 4 fully saturated rings. The van der Waals surface area contributed by atoms with Gasteiger partial charge in [0.05, 0.1) is 35.5 Å². The summed E-state index contributed by atoms with van der Waals surface area (Å²) in [5.41, 5.74) is 5.69. The zero-order valence-electron chi connectivity index (χ0n) is 26.4. The number of aromatic nitrogens is 1. The van der Waals surface area contributed by atoms with Crippen molar-refractivity contribution in [1.82, 2.24) is 15.2 Å². The van der Waals surface area contributed by atoms with E-state index in [9.17, 15) is 10.1 Å². The zero-order chi connectivity index (χ0) is 31.2. The lowest BCUT2D eigenvalue weighted by molar-refractivity contribution is -0.199. The van der Waals surface area contributed by atoms with Crippen molar-refractivity contribution >= 4 is 24.7 Å². The van der Waals surface area contributed by atoms with Crippen molar-refractivity contribution in [2.75, 3.05) is 13.1 Å². The van der Waals surface area contributed by atoms with Crippen molar-refractivity contribution in [2.45, 2.75) is 70.6 Å². The van der Waals surface area contributed by atoms with Gasteiger partial charge < -0.3 is 14.6 Å². The van der Waals surface area contributed by atoms with Crippen LogP contribution in [0.3, 0.4) is 0 Å². The minimum atomic E-state index is -0.482. The van der Waals surface area contributed by atoms with Crippen LogP contribution in [-0.4, -0.2) is 53.6 Å². The molecule has 1 amide bonds. The molecule has 3 saturated carbocycles. The molecular formula is C37H41BN4O3. The highest BCUT2D eigenvalue weighted by Gasteiger charge is 2.68. The Hall–Kier alpha value is -3.77. The van der Waals surface area contributed by atoms with E-state index in [1.165, 1.54) is 17.5 Å². The van der Waals surface area contributed by atoms with E-state index < -0.39 is 7.12 Å². The SMILES string of the molecule is CC1(C)[C@@H]2C[C@H]3OB(C(Cc4ccccc4)NC(=O)CN4CCc5ccc(C=C(C#N)c6ccccn6)cc5C4)O[C@@]3(C)[C@H]1C2. The Morgan fingerprint density at radius 2 is 1.96 bits per heavy atom. The van der Waals surface area contributed by atoms with Crippen LogP contribution in [-0.2, 0) is 33.5 Å². The minimum Gasteiger partial charge on any atom is -0.404 e. The topological polar surface area (TPSA) is 87.5 Å². The largest absolute Gasteiger partial charge is 0.482 e. The summed E-state index contributed by atoms with van der Waals surface area (Å²) in [4.78, 5) is 20.2. The molecule has 3 heterocycles. The van der Waals surface area contributed by atoms with Gasteiger partial charge in [0.25, 0.3) is 0 Å². The number of amides is 1. The number of nitrogens with zero attached hydrogens (tertiary/aromatic N) is 3. The first kappa shape index (κ1) is 29.9. The zero-order valence-corrected chi connectivity index (χ0v) is 26.4. The molecule has 1 unspecified atom stereocenters. The molecule has 2 aromatic carbocycles. The fourth-order valence-electron chi connectivity index (χ4n) is 8.32. The highest BCUT2D eigenvalue weighted by Crippen LogP contribution is 2.65. The van der Waals surface area contributed by atoms with E-state index in [1.54, 1.807) is 6.20 Å². The number of pyridine rings is 1. The van der Waals surface area contributed by atoms with Crippen LogP contribution >= 0.6 is 0 Å². The summed E-state index contributed by atoms with van der Waals surface area (Å²) >= 11 is 0. The summed E-state index contributed by atoms with van der Waals surface area (Å²) in [6.07, 6.45) is 7.38. The number of rotatable bonds is 8. The third-order valence-corrected chi connectivity index (χ3v) is 11.0. The second-order valence-corrected chi connectivity index (χ2v) is 14.1. The van der Waals surface area contributed by atoms with E-state index in [0.717, 1.165) is 30.5 Å². The summed E-state index contributed by atoms with van der Waals surface area (Å²) in [5, 5.41) is 13.1. The number of benzene rings is 2. The van der Waals surface area contributed by atoms with Gasteiger partial charge in [-0.05, 0) is 90.3 Å². The van der Waals surface area contributed by atoms with Crippen LogP contribution in [0.1, 0.15) is 61.6 Å². The molecule has 7 nitrogen and oxygen atoms in total. The van der Waals surface area contributed by atoms with Crippen LogP contribution in [0, 0.1) is 28.6 Å². The van der Waals surface area contributed by atoms with E-state index >= 15 is 0 Å². The lowest BCUT2D eigenvalue weighted by Gasteiger charge is -2.64. The average Bonchev–Trinajstić information content (AvgIpc) is 3.41. The number of allylic oxidation sites excluding steroid dienone is 1. The van der Waals surface area contributed by atoms with Crippen LogP contribution in [0.25, 0.3) is 11.6 Å². The molecule has 5 aliphatic rings. The quantitative estimate of drug-likeness (QED) is 0.272. The van der Waals surface area contributed by atoms with Gasteiger partial charge in [-0.25, -0.2) is 0 Å². The Morgan fingerprint density at radius 3 is 2.71 bits per heavy atom.